The van der Waals surface area contributed by atoms with Crippen molar-refractivity contribution in [3.8, 4) is 0 Å². The molecule has 2 N–H and O–H groups in total. The van der Waals surface area contributed by atoms with E-state index >= 15 is 0 Å². The topological polar surface area (TPSA) is 109 Å². The number of amides is 1. The van der Waals surface area contributed by atoms with Gasteiger partial charge in [-0.25, -0.2) is 16.8 Å². The highest BCUT2D eigenvalue weighted by Gasteiger charge is 2.27. The molecule has 0 saturated heterocycles. The van der Waals surface area contributed by atoms with Crippen molar-refractivity contribution in [2.45, 2.75) is 56.0 Å². The Morgan fingerprint density at radius 1 is 0.871 bits per heavy atom. The molecule has 0 radical (unpaired) electrons. The van der Waals surface area contributed by atoms with Crippen molar-refractivity contribution in [3.63, 3.8) is 0 Å². The van der Waals surface area contributed by atoms with Crippen LogP contribution in [-0.2, 0) is 24.7 Å². The highest BCUT2D eigenvalue weighted by atomic mass is 32.2. The maximum Gasteiger partial charge on any atom is 0.241 e. The van der Waals surface area contributed by atoms with Gasteiger partial charge >= 0.3 is 0 Å². The second kappa shape index (κ2) is 9.93. The van der Waals surface area contributed by atoms with Gasteiger partial charge in [0, 0.05) is 6.26 Å². The minimum atomic E-state index is -3.87. The fourth-order valence-corrected chi connectivity index (χ4v) is 4.89. The lowest BCUT2D eigenvalue weighted by molar-refractivity contribution is -0.123. The van der Waals surface area contributed by atoms with Gasteiger partial charge in [-0.15, -0.1) is 0 Å². The smallest absolute Gasteiger partial charge is 0.241 e. The fraction of sp³-hybridized carbons (Fsp3) is 0.409. The van der Waals surface area contributed by atoms with Crippen LogP contribution in [0, 0.1) is 12.8 Å². The Morgan fingerprint density at radius 3 is 1.87 bits per heavy atom. The third kappa shape index (κ3) is 7.15. The molecule has 0 aliphatic rings. The molecule has 0 spiro atoms. The molecule has 0 bridgehead atoms. The third-order valence-corrected chi connectivity index (χ3v) is 7.44. The van der Waals surface area contributed by atoms with Crippen molar-refractivity contribution in [1.29, 1.82) is 0 Å². The van der Waals surface area contributed by atoms with E-state index in [-0.39, 0.29) is 15.7 Å². The SMILES string of the molecule is Cc1ccc(S(=O)(=O)N[C@H](CC(C)C)C(=O)N[C@H](C)c2ccc(S(C)(=O)=O)cc2)cc1. The van der Waals surface area contributed by atoms with E-state index in [2.05, 4.69) is 10.0 Å². The Bertz CT molecular complexity index is 1110. The number of rotatable bonds is 9. The number of carbonyl (C=O) groups is 1. The van der Waals surface area contributed by atoms with Crippen molar-refractivity contribution >= 4 is 25.8 Å². The first kappa shape index (κ1) is 25.0. The summed E-state index contributed by atoms with van der Waals surface area (Å²) in [5, 5.41) is 2.83. The van der Waals surface area contributed by atoms with Crippen LogP contribution in [0.2, 0.25) is 0 Å². The van der Waals surface area contributed by atoms with E-state index in [0.717, 1.165) is 11.8 Å². The molecule has 170 valence electrons. The monoisotopic (exact) mass is 466 g/mol. The van der Waals surface area contributed by atoms with Crippen LogP contribution in [0.4, 0.5) is 0 Å². The summed E-state index contributed by atoms with van der Waals surface area (Å²) < 4.78 is 51.3. The van der Waals surface area contributed by atoms with Gasteiger partial charge in [-0.3, -0.25) is 4.79 Å². The maximum atomic E-state index is 12.9. The van der Waals surface area contributed by atoms with Crippen molar-refractivity contribution < 1.29 is 21.6 Å². The number of benzene rings is 2. The molecule has 0 aromatic heterocycles. The Morgan fingerprint density at radius 2 is 1.39 bits per heavy atom. The van der Waals surface area contributed by atoms with Crippen LogP contribution in [0.5, 0.6) is 0 Å². The minimum absolute atomic E-state index is 0.0841. The zero-order chi connectivity index (χ0) is 23.4. The van der Waals surface area contributed by atoms with Gasteiger partial charge in [0.05, 0.1) is 15.8 Å². The quantitative estimate of drug-likeness (QED) is 0.590. The van der Waals surface area contributed by atoms with Gasteiger partial charge in [0.15, 0.2) is 9.84 Å². The molecule has 0 fully saturated rings. The highest BCUT2D eigenvalue weighted by molar-refractivity contribution is 7.90. The summed E-state index contributed by atoms with van der Waals surface area (Å²) in [6.07, 6.45) is 1.46. The lowest BCUT2D eigenvalue weighted by Crippen LogP contribution is -2.47. The Hall–Kier alpha value is -2.23. The van der Waals surface area contributed by atoms with Gasteiger partial charge in [0.25, 0.3) is 0 Å². The molecule has 0 aliphatic heterocycles. The molecule has 0 aliphatic carbocycles. The van der Waals surface area contributed by atoms with Crippen molar-refractivity contribution in [2.75, 3.05) is 6.26 Å². The molecule has 0 unspecified atom stereocenters. The number of nitrogens with one attached hydrogen (secondary N) is 2. The van der Waals surface area contributed by atoms with Crippen LogP contribution in [-0.4, -0.2) is 35.0 Å². The van der Waals surface area contributed by atoms with Gasteiger partial charge in [-0.2, -0.15) is 4.72 Å². The lowest BCUT2D eigenvalue weighted by atomic mass is 10.0. The maximum absolute atomic E-state index is 12.9. The second-order valence-electron chi connectivity index (χ2n) is 8.19. The van der Waals surface area contributed by atoms with E-state index in [0.29, 0.717) is 12.0 Å². The first-order valence-corrected chi connectivity index (χ1v) is 13.4. The Labute approximate surface area is 185 Å². The number of hydrogen-bond acceptors (Lipinski definition) is 5. The summed E-state index contributed by atoms with van der Waals surface area (Å²) in [5.41, 5.74) is 1.65. The van der Waals surface area contributed by atoms with Gasteiger partial charge in [-0.05, 0) is 56.0 Å². The standard InChI is InChI=1S/C22H30N2O5S2/c1-15(2)14-21(24-31(28,29)20-10-6-16(3)7-11-20)22(25)23-17(4)18-8-12-19(13-9-18)30(5,26)27/h6-13,15,17,21,24H,14H2,1-5H3,(H,23,25)/t17-,21-/m1/s1. The van der Waals surface area contributed by atoms with Gasteiger partial charge in [-0.1, -0.05) is 43.7 Å². The number of hydrogen-bond donors (Lipinski definition) is 2. The first-order chi connectivity index (χ1) is 14.3. The number of aryl methyl sites for hydroxylation is 1. The Kier molecular flexibility index (Phi) is 8.02. The number of sulfonamides is 1. The van der Waals surface area contributed by atoms with Crippen LogP contribution in [0.15, 0.2) is 58.3 Å². The summed E-state index contributed by atoms with van der Waals surface area (Å²) in [4.78, 5) is 13.2. The number of carbonyl (C=O) groups excluding carboxylic acids is 1. The summed E-state index contributed by atoms with van der Waals surface area (Å²) in [6.45, 7) is 7.44. The van der Waals surface area contributed by atoms with Crippen molar-refractivity contribution in [1.82, 2.24) is 10.0 Å². The molecule has 2 atom stereocenters. The molecular weight excluding hydrogens is 436 g/mol. The van der Waals surface area contributed by atoms with E-state index in [1.807, 2.05) is 20.8 Å². The summed E-state index contributed by atoms with van der Waals surface area (Å²) in [5.74, 6) is -0.357. The molecule has 7 nitrogen and oxygen atoms in total. The summed E-state index contributed by atoms with van der Waals surface area (Å²) in [7, 11) is -7.18. The molecule has 0 heterocycles. The molecule has 0 saturated carbocycles. The zero-order valence-corrected chi connectivity index (χ0v) is 20.0. The van der Waals surface area contributed by atoms with Gasteiger partial charge in [0.1, 0.15) is 6.04 Å². The Balaban J connectivity index is 2.18. The fourth-order valence-electron chi connectivity index (χ4n) is 3.05. The van der Waals surface area contributed by atoms with E-state index in [1.54, 1.807) is 31.2 Å². The first-order valence-electron chi connectivity index (χ1n) is 9.99. The zero-order valence-electron chi connectivity index (χ0n) is 18.4. The minimum Gasteiger partial charge on any atom is -0.348 e. The largest absolute Gasteiger partial charge is 0.348 e. The predicted molar refractivity (Wildman–Crippen MR) is 121 cm³/mol. The van der Waals surface area contributed by atoms with E-state index in [1.165, 1.54) is 24.3 Å². The molecular formula is C22H30N2O5S2. The van der Waals surface area contributed by atoms with E-state index in [9.17, 15) is 21.6 Å². The molecule has 9 heteroatoms. The van der Waals surface area contributed by atoms with Crippen LogP contribution < -0.4 is 10.0 Å². The third-order valence-electron chi connectivity index (χ3n) is 4.82. The lowest BCUT2D eigenvalue weighted by Gasteiger charge is -2.23. The van der Waals surface area contributed by atoms with E-state index in [4.69, 9.17) is 0 Å². The summed E-state index contributed by atoms with van der Waals surface area (Å²) >= 11 is 0. The van der Waals surface area contributed by atoms with E-state index < -0.39 is 37.9 Å². The van der Waals surface area contributed by atoms with Crippen molar-refractivity contribution in [3.05, 3.63) is 59.7 Å². The molecule has 1 amide bonds. The van der Waals surface area contributed by atoms with Crippen LogP contribution in [0.3, 0.4) is 0 Å². The van der Waals surface area contributed by atoms with Crippen LogP contribution in [0.25, 0.3) is 0 Å². The molecule has 31 heavy (non-hydrogen) atoms. The second-order valence-corrected chi connectivity index (χ2v) is 11.9. The number of sulfone groups is 1. The van der Waals surface area contributed by atoms with Crippen LogP contribution >= 0.6 is 0 Å². The van der Waals surface area contributed by atoms with Gasteiger partial charge < -0.3 is 5.32 Å². The predicted octanol–water partition coefficient (Wildman–Crippen LogP) is 2.97. The summed E-state index contributed by atoms with van der Waals surface area (Å²) in [6, 6.07) is 11.3. The molecule has 2 rings (SSSR count). The van der Waals surface area contributed by atoms with Crippen molar-refractivity contribution in [2.24, 2.45) is 5.92 Å². The van der Waals surface area contributed by atoms with Gasteiger partial charge in [0.2, 0.25) is 15.9 Å². The average molecular weight is 467 g/mol. The molecule has 2 aromatic carbocycles. The highest BCUT2D eigenvalue weighted by Crippen LogP contribution is 2.18. The van der Waals surface area contributed by atoms with Crippen LogP contribution in [0.1, 0.15) is 44.4 Å². The normalized spacial score (nSPS) is 14.3. The molecule has 2 aromatic rings. The average Bonchev–Trinajstić information content (AvgIpc) is 2.66.